The van der Waals surface area contributed by atoms with Crippen molar-refractivity contribution in [3.63, 3.8) is 0 Å². The van der Waals surface area contributed by atoms with Crippen LogP contribution in [-0.2, 0) is 6.54 Å². The van der Waals surface area contributed by atoms with Crippen LogP contribution in [0, 0.1) is 0 Å². The summed E-state index contributed by atoms with van der Waals surface area (Å²) >= 11 is 0. The van der Waals surface area contributed by atoms with Crippen LogP contribution in [0.15, 0.2) is 48.8 Å². The lowest BCUT2D eigenvalue weighted by Crippen LogP contribution is -2.26. The third-order valence-corrected chi connectivity index (χ3v) is 3.96. The van der Waals surface area contributed by atoms with E-state index in [4.69, 9.17) is 9.47 Å². The van der Waals surface area contributed by atoms with Crippen molar-refractivity contribution >= 4 is 11.6 Å². The second-order valence-corrected chi connectivity index (χ2v) is 5.73. The van der Waals surface area contributed by atoms with Gasteiger partial charge in [-0.3, -0.25) is 4.79 Å². The molecule has 0 spiro atoms. The van der Waals surface area contributed by atoms with Gasteiger partial charge in [0, 0.05) is 26.0 Å². The molecule has 6 heteroatoms. The predicted molar refractivity (Wildman–Crippen MR) is 88.4 cm³/mol. The van der Waals surface area contributed by atoms with Gasteiger partial charge >= 0.3 is 0 Å². The Bertz CT molecular complexity index is 870. The molecule has 1 aliphatic rings. The van der Waals surface area contributed by atoms with Crippen LogP contribution in [0.25, 0.3) is 5.65 Å². The molecule has 6 nitrogen and oxygen atoms in total. The standard InChI is InChI=1S/C18H17N3O3/c1-20(11-13-5-6-15-16(10-13)24-9-8-23-15)18(22)14-12-21-7-3-2-4-17(21)19-14/h2-7,10,12H,8-9,11H2,1H3. The van der Waals surface area contributed by atoms with Gasteiger partial charge in [0.15, 0.2) is 11.5 Å². The quantitative estimate of drug-likeness (QED) is 0.742. The van der Waals surface area contributed by atoms with Crippen LogP contribution in [0.1, 0.15) is 16.1 Å². The molecule has 1 aliphatic heterocycles. The maximum Gasteiger partial charge on any atom is 0.274 e. The molecule has 0 saturated heterocycles. The first-order valence-corrected chi connectivity index (χ1v) is 7.78. The normalized spacial score (nSPS) is 13.0. The van der Waals surface area contributed by atoms with Crippen LogP contribution in [0.2, 0.25) is 0 Å². The van der Waals surface area contributed by atoms with Crippen LogP contribution in [0.5, 0.6) is 11.5 Å². The fraction of sp³-hybridized carbons (Fsp3) is 0.222. The van der Waals surface area contributed by atoms with E-state index in [1.54, 1.807) is 18.1 Å². The van der Waals surface area contributed by atoms with Crippen molar-refractivity contribution in [2.75, 3.05) is 20.3 Å². The molecule has 3 heterocycles. The maximum absolute atomic E-state index is 12.6. The van der Waals surface area contributed by atoms with Crippen LogP contribution in [0.4, 0.5) is 0 Å². The summed E-state index contributed by atoms with van der Waals surface area (Å²) in [5.74, 6) is 1.36. The van der Waals surface area contributed by atoms with Crippen molar-refractivity contribution in [1.29, 1.82) is 0 Å². The zero-order valence-corrected chi connectivity index (χ0v) is 13.3. The first-order valence-electron chi connectivity index (χ1n) is 7.78. The summed E-state index contributed by atoms with van der Waals surface area (Å²) in [6.45, 7) is 1.59. The number of benzene rings is 1. The first kappa shape index (κ1) is 14.6. The Morgan fingerprint density at radius 2 is 2.04 bits per heavy atom. The Kier molecular flexibility index (Phi) is 3.57. The zero-order chi connectivity index (χ0) is 16.5. The second-order valence-electron chi connectivity index (χ2n) is 5.73. The maximum atomic E-state index is 12.6. The molecular formula is C18H17N3O3. The third-order valence-electron chi connectivity index (χ3n) is 3.96. The lowest BCUT2D eigenvalue weighted by molar-refractivity contribution is 0.0779. The number of hydrogen-bond acceptors (Lipinski definition) is 4. The Morgan fingerprint density at radius 1 is 1.21 bits per heavy atom. The van der Waals surface area contributed by atoms with Gasteiger partial charge in [-0.1, -0.05) is 12.1 Å². The number of rotatable bonds is 3. The van der Waals surface area contributed by atoms with Crippen LogP contribution < -0.4 is 9.47 Å². The summed E-state index contributed by atoms with van der Waals surface area (Å²) in [7, 11) is 1.77. The molecule has 2 aromatic heterocycles. The third kappa shape index (κ3) is 2.67. The smallest absolute Gasteiger partial charge is 0.274 e. The minimum absolute atomic E-state index is 0.117. The Morgan fingerprint density at radius 3 is 2.88 bits per heavy atom. The van der Waals surface area contributed by atoms with E-state index in [2.05, 4.69) is 4.98 Å². The number of carbonyl (C=O) groups excluding carboxylic acids is 1. The van der Waals surface area contributed by atoms with Crippen LogP contribution in [-0.4, -0.2) is 40.5 Å². The molecule has 0 unspecified atom stereocenters. The summed E-state index contributed by atoms with van der Waals surface area (Å²) < 4.78 is 12.9. The minimum atomic E-state index is -0.117. The predicted octanol–water partition coefficient (Wildman–Crippen LogP) is 2.38. The fourth-order valence-electron chi connectivity index (χ4n) is 2.77. The van der Waals surface area contributed by atoms with E-state index in [0.29, 0.717) is 25.5 Å². The summed E-state index contributed by atoms with van der Waals surface area (Å²) in [5.41, 5.74) is 2.17. The Balaban J connectivity index is 1.52. The van der Waals surface area contributed by atoms with Crippen LogP contribution in [0.3, 0.4) is 0 Å². The molecule has 0 bridgehead atoms. The average Bonchev–Trinajstić information content (AvgIpc) is 3.05. The Labute approximate surface area is 139 Å². The lowest BCUT2D eigenvalue weighted by atomic mass is 10.2. The Hall–Kier alpha value is -3.02. The molecule has 1 aromatic carbocycles. The number of imidazole rings is 1. The first-order chi connectivity index (χ1) is 11.7. The fourth-order valence-corrected chi connectivity index (χ4v) is 2.77. The van der Waals surface area contributed by atoms with E-state index in [1.807, 2.05) is 47.0 Å². The molecule has 0 aliphatic carbocycles. The van der Waals surface area contributed by atoms with Gasteiger partial charge < -0.3 is 18.8 Å². The molecule has 24 heavy (non-hydrogen) atoms. The average molecular weight is 323 g/mol. The summed E-state index contributed by atoms with van der Waals surface area (Å²) in [6.07, 6.45) is 3.62. The van der Waals surface area contributed by atoms with Gasteiger partial charge in [0.25, 0.3) is 5.91 Å². The minimum Gasteiger partial charge on any atom is -0.486 e. The van der Waals surface area contributed by atoms with E-state index in [-0.39, 0.29) is 5.91 Å². The second kappa shape index (κ2) is 5.88. The molecule has 0 N–H and O–H groups in total. The molecule has 122 valence electrons. The van der Waals surface area contributed by atoms with Gasteiger partial charge in [-0.25, -0.2) is 4.98 Å². The highest BCUT2D eigenvalue weighted by Crippen LogP contribution is 2.31. The monoisotopic (exact) mass is 323 g/mol. The van der Waals surface area contributed by atoms with E-state index < -0.39 is 0 Å². The highest BCUT2D eigenvalue weighted by atomic mass is 16.6. The number of nitrogens with zero attached hydrogens (tertiary/aromatic N) is 3. The van der Waals surface area contributed by atoms with E-state index in [0.717, 1.165) is 22.7 Å². The summed E-state index contributed by atoms with van der Waals surface area (Å²) in [6, 6.07) is 11.4. The van der Waals surface area contributed by atoms with E-state index >= 15 is 0 Å². The van der Waals surface area contributed by atoms with Gasteiger partial charge in [0.2, 0.25) is 0 Å². The van der Waals surface area contributed by atoms with Gasteiger partial charge in [-0.15, -0.1) is 0 Å². The van der Waals surface area contributed by atoms with Gasteiger partial charge in [-0.05, 0) is 29.8 Å². The molecule has 1 amide bonds. The molecule has 0 atom stereocenters. The number of ether oxygens (including phenoxy) is 2. The van der Waals surface area contributed by atoms with Crippen molar-refractivity contribution in [2.45, 2.75) is 6.54 Å². The van der Waals surface area contributed by atoms with Crippen molar-refractivity contribution < 1.29 is 14.3 Å². The highest BCUT2D eigenvalue weighted by molar-refractivity contribution is 5.92. The lowest BCUT2D eigenvalue weighted by Gasteiger charge is -2.20. The van der Waals surface area contributed by atoms with Crippen LogP contribution >= 0.6 is 0 Å². The number of carbonyl (C=O) groups is 1. The number of amides is 1. The van der Waals surface area contributed by atoms with Crippen molar-refractivity contribution in [3.05, 3.63) is 60.0 Å². The van der Waals surface area contributed by atoms with Crippen molar-refractivity contribution in [2.24, 2.45) is 0 Å². The molecular weight excluding hydrogens is 306 g/mol. The van der Waals surface area contributed by atoms with E-state index in [9.17, 15) is 4.79 Å². The van der Waals surface area contributed by atoms with E-state index in [1.165, 1.54) is 0 Å². The zero-order valence-electron chi connectivity index (χ0n) is 13.3. The van der Waals surface area contributed by atoms with Gasteiger partial charge in [-0.2, -0.15) is 0 Å². The highest BCUT2D eigenvalue weighted by Gasteiger charge is 2.17. The SMILES string of the molecule is CN(Cc1ccc2c(c1)OCCO2)C(=O)c1cn2ccccc2n1. The van der Waals surface area contributed by atoms with Gasteiger partial charge in [0.05, 0.1) is 0 Å². The summed E-state index contributed by atoms with van der Waals surface area (Å²) in [5, 5.41) is 0. The number of pyridine rings is 1. The summed E-state index contributed by atoms with van der Waals surface area (Å²) in [4.78, 5) is 18.6. The molecule has 0 radical (unpaired) electrons. The van der Waals surface area contributed by atoms with Gasteiger partial charge in [0.1, 0.15) is 24.6 Å². The topological polar surface area (TPSA) is 56.1 Å². The largest absolute Gasteiger partial charge is 0.486 e. The molecule has 0 saturated carbocycles. The number of aromatic nitrogens is 2. The molecule has 4 rings (SSSR count). The molecule has 3 aromatic rings. The number of fused-ring (bicyclic) bond motifs is 2. The molecule has 0 fully saturated rings. The van der Waals surface area contributed by atoms with Crippen molar-refractivity contribution in [1.82, 2.24) is 14.3 Å². The number of hydrogen-bond donors (Lipinski definition) is 0. The van der Waals surface area contributed by atoms with Crippen molar-refractivity contribution in [3.8, 4) is 11.5 Å².